The van der Waals surface area contributed by atoms with Gasteiger partial charge in [0.2, 0.25) is 0 Å². The van der Waals surface area contributed by atoms with Gasteiger partial charge in [-0.2, -0.15) is 28.2 Å². The van der Waals surface area contributed by atoms with Gasteiger partial charge in [-0.3, -0.25) is 4.79 Å². The standard InChI is InChI=1S/C20H18F3N3O/c1-13-7-5-6-10-17(13)25-26-18(14-8-3-2-4-9-14)11-16(20(21,22)23)15(12-24)19(26)27/h2-4,8-9,11,13H,5-7,10H2,1H3/b25-17-. The largest absolute Gasteiger partial charge is 0.417 e. The average molecular weight is 373 g/mol. The van der Waals surface area contributed by atoms with Gasteiger partial charge in [0.05, 0.1) is 11.3 Å². The Kier molecular flexibility index (Phi) is 5.17. The van der Waals surface area contributed by atoms with E-state index >= 15 is 0 Å². The Morgan fingerprint density at radius 1 is 1.22 bits per heavy atom. The Labute approximate surface area is 154 Å². The topological polar surface area (TPSA) is 58.1 Å². The molecule has 1 saturated carbocycles. The Hall–Kier alpha value is -2.88. The lowest BCUT2D eigenvalue weighted by molar-refractivity contribution is -0.137. The molecule has 27 heavy (non-hydrogen) atoms. The maximum Gasteiger partial charge on any atom is 0.417 e. The Morgan fingerprint density at radius 3 is 2.52 bits per heavy atom. The van der Waals surface area contributed by atoms with Gasteiger partial charge in [0, 0.05) is 11.3 Å². The van der Waals surface area contributed by atoms with Crippen molar-refractivity contribution in [1.82, 2.24) is 4.68 Å². The first-order valence-electron chi connectivity index (χ1n) is 8.73. The van der Waals surface area contributed by atoms with E-state index in [0.29, 0.717) is 12.0 Å². The van der Waals surface area contributed by atoms with Crippen LogP contribution in [0.2, 0.25) is 0 Å². The molecule has 0 N–H and O–H groups in total. The molecule has 1 aromatic carbocycles. The molecular formula is C20H18F3N3O. The number of hydrogen-bond donors (Lipinski definition) is 0. The first-order valence-corrected chi connectivity index (χ1v) is 8.73. The third-order valence-electron chi connectivity index (χ3n) is 4.79. The monoisotopic (exact) mass is 373 g/mol. The highest BCUT2D eigenvalue weighted by atomic mass is 19.4. The van der Waals surface area contributed by atoms with Gasteiger partial charge in [0.15, 0.2) is 0 Å². The van der Waals surface area contributed by atoms with E-state index in [0.717, 1.165) is 35.7 Å². The number of nitrogens with zero attached hydrogens (tertiary/aromatic N) is 3. The summed E-state index contributed by atoms with van der Waals surface area (Å²) in [6.45, 7) is 1.99. The minimum Gasteiger partial charge on any atom is -0.266 e. The van der Waals surface area contributed by atoms with Gasteiger partial charge in [-0.15, -0.1) is 0 Å². The maximum absolute atomic E-state index is 13.4. The van der Waals surface area contributed by atoms with E-state index in [-0.39, 0.29) is 11.6 Å². The van der Waals surface area contributed by atoms with Crippen LogP contribution in [0.1, 0.15) is 43.7 Å². The van der Waals surface area contributed by atoms with Crippen LogP contribution in [0.3, 0.4) is 0 Å². The lowest BCUT2D eigenvalue weighted by Crippen LogP contribution is -2.28. The molecule has 0 amide bonds. The van der Waals surface area contributed by atoms with Crippen molar-refractivity contribution in [2.75, 3.05) is 0 Å². The molecule has 4 nitrogen and oxygen atoms in total. The number of pyridine rings is 1. The minimum atomic E-state index is -4.81. The molecule has 0 saturated heterocycles. The van der Waals surface area contributed by atoms with E-state index in [2.05, 4.69) is 5.10 Å². The van der Waals surface area contributed by atoms with E-state index in [4.69, 9.17) is 0 Å². The third kappa shape index (κ3) is 3.80. The molecule has 0 bridgehead atoms. The number of alkyl halides is 3. The maximum atomic E-state index is 13.4. The summed E-state index contributed by atoms with van der Waals surface area (Å²) in [5.41, 5.74) is -1.99. The molecule has 1 aliphatic carbocycles. The number of benzene rings is 1. The van der Waals surface area contributed by atoms with Crippen molar-refractivity contribution in [1.29, 1.82) is 5.26 Å². The molecule has 0 aliphatic heterocycles. The fraction of sp³-hybridized carbons (Fsp3) is 0.350. The van der Waals surface area contributed by atoms with Gasteiger partial charge >= 0.3 is 6.18 Å². The molecule has 1 fully saturated rings. The zero-order valence-electron chi connectivity index (χ0n) is 14.8. The van der Waals surface area contributed by atoms with Crippen LogP contribution in [0.5, 0.6) is 0 Å². The highest BCUT2D eigenvalue weighted by molar-refractivity contribution is 5.87. The number of rotatable bonds is 2. The zero-order valence-corrected chi connectivity index (χ0v) is 14.8. The highest BCUT2D eigenvalue weighted by Crippen LogP contribution is 2.33. The molecule has 3 rings (SSSR count). The van der Waals surface area contributed by atoms with Gasteiger partial charge in [-0.1, -0.05) is 43.7 Å². The Balaban J connectivity index is 2.33. The van der Waals surface area contributed by atoms with Crippen LogP contribution in [0, 0.1) is 17.2 Å². The second-order valence-corrected chi connectivity index (χ2v) is 6.65. The summed E-state index contributed by atoms with van der Waals surface area (Å²) in [6, 6.07) is 10.6. The summed E-state index contributed by atoms with van der Waals surface area (Å²) in [4.78, 5) is 12.8. The Bertz CT molecular complexity index is 969. The average Bonchev–Trinajstić information content (AvgIpc) is 2.64. The molecule has 1 unspecified atom stereocenters. The molecule has 1 aliphatic rings. The highest BCUT2D eigenvalue weighted by Gasteiger charge is 2.36. The van der Waals surface area contributed by atoms with Gasteiger partial charge in [-0.05, 0) is 31.2 Å². The van der Waals surface area contributed by atoms with Gasteiger partial charge in [0.1, 0.15) is 11.6 Å². The minimum absolute atomic E-state index is 0.0252. The van der Waals surface area contributed by atoms with Crippen LogP contribution in [0.15, 0.2) is 46.3 Å². The van der Waals surface area contributed by atoms with Crippen molar-refractivity contribution in [3.8, 4) is 17.3 Å². The molecule has 1 atom stereocenters. The fourth-order valence-corrected chi connectivity index (χ4v) is 3.29. The SMILES string of the molecule is CC1CCCC/C1=N/n1c(-c2ccccc2)cc(C(F)(F)F)c(C#N)c1=O. The van der Waals surface area contributed by atoms with Crippen LogP contribution < -0.4 is 5.56 Å². The van der Waals surface area contributed by atoms with E-state index in [1.54, 1.807) is 30.3 Å². The van der Waals surface area contributed by atoms with Crippen molar-refractivity contribution >= 4 is 5.71 Å². The van der Waals surface area contributed by atoms with Crippen molar-refractivity contribution in [2.24, 2.45) is 11.0 Å². The van der Waals surface area contributed by atoms with Crippen molar-refractivity contribution in [2.45, 2.75) is 38.8 Å². The molecule has 140 valence electrons. The molecule has 7 heteroatoms. The third-order valence-corrected chi connectivity index (χ3v) is 4.79. The molecule has 0 radical (unpaired) electrons. The number of aromatic nitrogens is 1. The molecule has 0 spiro atoms. The van der Waals surface area contributed by atoms with Crippen LogP contribution in [-0.4, -0.2) is 10.4 Å². The van der Waals surface area contributed by atoms with Crippen molar-refractivity contribution < 1.29 is 13.2 Å². The van der Waals surface area contributed by atoms with Crippen LogP contribution in [0.25, 0.3) is 11.3 Å². The summed E-state index contributed by atoms with van der Waals surface area (Å²) in [7, 11) is 0. The number of halogens is 3. The normalized spacial score (nSPS) is 19.1. The van der Waals surface area contributed by atoms with E-state index in [9.17, 15) is 23.2 Å². The molecule has 1 aromatic heterocycles. The number of nitriles is 1. The van der Waals surface area contributed by atoms with Crippen LogP contribution in [-0.2, 0) is 6.18 Å². The lowest BCUT2D eigenvalue weighted by atomic mass is 9.89. The second kappa shape index (κ2) is 7.39. The first kappa shape index (κ1) is 18.9. The molecule has 1 heterocycles. The van der Waals surface area contributed by atoms with E-state index in [1.807, 2.05) is 6.92 Å². The Morgan fingerprint density at radius 2 is 1.93 bits per heavy atom. The predicted octanol–water partition coefficient (Wildman–Crippen LogP) is 4.82. The summed E-state index contributed by atoms with van der Waals surface area (Å²) >= 11 is 0. The van der Waals surface area contributed by atoms with Gasteiger partial charge in [-0.25, -0.2) is 0 Å². The molecular weight excluding hydrogens is 355 g/mol. The second-order valence-electron chi connectivity index (χ2n) is 6.65. The van der Waals surface area contributed by atoms with E-state index in [1.165, 1.54) is 6.07 Å². The van der Waals surface area contributed by atoms with Crippen LogP contribution >= 0.6 is 0 Å². The summed E-state index contributed by atoms with van der Waals surface area (Å²) in [5, 5.41) is 13.6. The van der Waals surface area contributed by atoms with Gasteiger partial charge in [0.25, 0.3) is 5.56 Å². The van der Waals surface area contributed by atoms with E-state index < -0.39 is 22.9 Å². The zero-order chi connectivity index (χ0) is 19.6. The fourth-order valence-electron chi connectivity index (χ4n) is 3.29. The molecule has 2 aromatic rings. The quantitative estimate of drug-likeness (QED) is 0.758. The number of hydrogen-bond acceptors (Lipinski definition) is 3. The predicted molar refractivity (Wildman–Crippen MR) is 96.3 cm³/mol. The first-order chi connectivity index (χ1) is 12.8. The van der Waals surface area contributed by atoms with Gasteiger partial charge < -0.3 is 0 Å². The van der Waals surface area contributed by atoms with Crippen molar-refractivity contribution in [3.05, 3.63) is 57.9 Å². The summed E-state index contributed by atoms with van der Waals surface area (Å²) in [5.74, 6) is 0.141. The smallest absolute Gasteiger partial charge is 0.266 e. The van der Waals surface area contributed by atoms with Crippen molar-refractivity contribution in [3.63, 3.8) is 0 Å². The lowest BCUT2D eigenvalue weighted by Gasteiger charge is -2.21. The summed E-state index contributed by atoms with van der Waals surface area (Å²) < 4.78 is 41.2. The summed E-state index contributed by atoms with van der Waals surface area (Å²) in [6.07, 6.45) is -1.23. The van der Waals surface area contributed by atoms with Crippen LogP contribution in [0.4, 0.5) is 13.2 Å².